The lowest BCUT2D eigenvalue weighted by molar-refractivity contribution is 0.238. The molecule has 0 saturated carbocycles. The van der Waals surface area contributed by atoms with Crippen LogP contribution < -0.4 is 20.5 Å². The number of nitrogens with one attached hydrogen (secondary N) is 1. The zero-order chi connectivity index (χ0) is 18.4. The molecule has 1 atom stereocenters. The lowest BCUT2D eigenvalue weighted by atomic mass is 10.0. The minimum absolute atomic E-state index is 0.306. The summed E-state index contributed by atoms with van der Waals surface area (Å²) >= 11 is 0. The molecule has 0 spiro atoms. The number of benzene rings is 1. The van der Waals surface area contributed by atoms with Crippen LogP contribution in [0.3, 0.4) is 0 Å². The van der Waals surface area contributed by atoms with Gasteiger partial charge in [0.1, 0.15) is 17.9 Å². The predicted molar refractivity (Wildman–Crippen MR) is 101 cm³/mol. The third-order valence-corrected chi connectivity index (χ3v) is 4.85. The van der Waals surface area contributed by atoms with E-state index in [-0.39, 0.29) is 0 Å². The molecule has 0 bridgehead atoms. The maximum absolute atomic E-state index is 5.98. The summed E-state index contributed by atoms with van der Waals surface area (Å²) in [4.78, 5) is 10.7. The average molecular weight is 357 g/mol. The summed E-state index contributed by atoms with van der Waals surface area (Å²) < 4.78 is 10.6. The third-order valence-electron chi connectivity index (χ3n) is 4.85. The number of nitrogens with zero attached hydrogens (tertiary/aromatic N) is 3. The van der Waals surface area contributed by atoms with Gasteiger partial charge >= 0.3 is 0 Å². The Kier molecular flexibility index (Phi) is 6.25. The molecule has 3 rings (SSSR count). The Morgan fingerprint density at radius 3 is 2.50 bits per heavy atom. The molecule has 0 radical (unpaired) electrons. The van der Waals surface area contributed by atoms with E-state index in [0.717, 1.165) is 30.9 Å². The zero-order valence-electron chi connectivity index (χ0n) is 15.4. The fourth-order valence-corrected chi connectivity index (χ4v) is 3.42. The normalized spacial score (nSPS) is 15.8. The van der Waals surface area contributed by atoms with E-state index >= 15 is 0 Å². The van der Waals surface area contributed by atoms with Crippen LogP contribution >= 0.6 is 0 Å². The Morgan fingerprint density at radius 2 is 1.85 bits per heavy atom. The van der Waals surface area contributed by atoms with Crippen molar-refractivity contribution < 1.29 is 9.47 Å². The van der Waals surface area contributed by atoms with Crippen LogP contribution in [0.1, 0.15) is 30.0 Å². The number of ether oxygens (including phenoxy) is 2. The molecule has 1 saturated heterocycles. The van der Waals surface area contributed by atoms with E-state index in [1.165, 1.54) is 24.7 Å². The fourth-order valence-electron chi connectivity index (χ4n) is 3.42. The summed E-state index contributed by atoms with van der Waals surface area (Å²) in [6.45, 7) is 3.62. The molecule has 1 fully saturated rings. The summed E-state index contributed by atoms with van der Waals surface area (Å²) in [5.41, 5.74) is 8.06. The summed E-state index contributed by atoms with van der Waals surface area (Å²) in [5.74, 6) is 1.85. The van der Waals surface area contributed by atoms with Crippen LogP contribution in [0.4, 0.5) is 5.82 Å². The average Bonchev–Trinajstić information content (AvgIpc) is 3.20. The van der Waals surface area contributed by atoms with Crippen LogP contribution in [-0.4, -0.2) is 48.7 Å². The monoisotopic (exact) mass is 357 g/mol. The molecule has 0 unspecified atom stereocenters. The number of hydrogen-bond donors (Lipinski definition) is 2. The van der Waals surface area contributed by atoms with Crippen LogP contribution in [0.25, 0.3) is 0 Å². The van der Waals surface area contributed by atoms with Crippen molar-refractivity contribution in [2.45, 2.75) is 25.4 Å². The van der Waals surface area contributed by atoms with Crippen LogP contribution in [0.15, 0.2) is 30.6 Å². The minimum Gasteiger partial charge on any atom is -0.497 e. The van der Waals surface area contributed by atoms with Gasteiger partial charge in [-0.15, -0.1) is 0 Å². The first-order chi connectivity index (χ1) is 12.7. The number of anilines is 1. The zero-order valence-corrected chi connectivity index (χ0v) is 15.4. The van der Waals surface area contributed by atoms with E-state index in [1.807, 2.05) is 12.1 Å². The second kappa shape index (κ2) is 8.82. The van der Waals surface area contributed by atoms with Crippen molar-refractivity contribution in [2.24, 2.45) is 0 Å². The predicted octanol–water partition coefficient (Wildman–Crippen LogP) is 2.00. The maximum Gasteiger partial charge on any atom is 0.222 e. The molecule has 7 heteroatoms. The smallest absolute Gasteiger partial charge is 0.222 e. The van der Waals surface area contributed by atoms with Gasteiger partial charge in [0.2, 0.25) is 5.88 Å². The molecule has 2 heterocycles. The molecule has 1 aromatic heterocycles. The third kappa shape index (κ3) is 4.23. The number of nitrogens with two attached hydrogens (primary N) is 1. The molecule has 0 aliphatic carbocycles. The van der Waals surface area contributed by atoms with Gasteiger partial charge in [-0.2, -0.15) is 0 Å². The van der Waals surface area contributed by atoms with E-state index in [9.17, 15) is 0 Å². The molecule has 1 aliphatic heterocycles. The number of hydrogen-bond acceptors (Lipinski definition) is 7. The lowest BCUT2D eigenvalue weighted by Gasteiger charge is -2.28. The number of aromatic nitrogens is 2. The van der Waals surface area contributed by atoms with Crippen molar-refractivity contribution in [1.82, 2.24) is 20.2 Å². The number of nitrogen functional groups attached to an aromatic ring is 1. The largest absolute Gasteiger partial charge is 0.497 e. The first-order valence-corrected chi connectivity index (χ1v) is 8.95. The van der Waals surface area contributed by atoms with E-state index in [1.54, 1.807) is 14.2 Å². The van der Waals surface area contributed by atoms with Crippen molar-refractivity contribution in [2.75, 3.05) is 39.6 Å². The van der Waals surface area contributed by atoms with E-state index in [0.29, 0.717) is 24.3 Å². The lowest BCUT2D eigenvalue weighted by Crippen LogP contribution is -2.34. The van der Waals surface area contributed by atoms with Crippen molar-refractivity contribution in [3.63, 3.8) is 0 Å². The summed E-state index contributed by atoms with van der Waals surface area (Å²) in [5, 5.41) is 3.51. The molecule has 7 nitrogen and oxygen atoms in total. The van der Waals surface area contributed by atoms with Crippen molar-refractivity contribution in [3.05, 3.63) is 41.7 Å². The van der Waals surface area contributed by atoms with Gasteiger partial charge in [-0.25, -0.2) is 9.97 Å². The summed E-state index contributed by atoms with van der Waals surface area (Å²) in [7, 11) is 3.28. The Hall–Kier alpha value is -2.38. The molecule has 140 valence electrons. The van der Waals surface area contributed by atoms with Gasteiger partial charge in [-0.3, -0.25) is 4.90 Å². The van der Waals surface area contributed by atoms with E-state index in [2.05, 4.69) is 32.3 Å². The van der Waals surface area contributed by atoms with Gasteiger partial charge in [-0.1, -0.05) is 12.1 Å². The highest BCUT2D eigenvalue weighted by Crippen LogP contribution is 2.27. The van der Waals surface area contributed by atoms with Crippen molar-refractivity contribution >= 4 is 5.82 Å². The molecule has 2 aromatic rings. The van der Waals surface area contributed by atoms with Gasteiger partial charge < -0.3 is 20.5 Å². The number of likely N-dealkylation sites (tertiary alicyclic amines) is 1. The van der Waals surface area contributed by atoms with Gasteiger partial charge in [0, 0.05) is 19.1 Å². The quantitative estimate of drug-likeness (QED) is 0.747. The van der Waals surface area contributed by atoms with Crippen molar-refractivity contribution in [3.8, 4) is 11.6 Å². The standard InChI is InChI=1S/C19H27N5O2/c1-25-15-7-5-14(6-8-15)17(24-9-3-4-10-24)12-21-11-16-18(20)22-13-23-19(16)26-2/h5-8,13,17,21H,3-4,9-12H2,1-2H3,(H2,20,22,23)/t17-/m0/s1. The van der Waals surface area contributed by atoms with E-state index < -0.39 is 0 Å². The Bertz CT molecular complexity index is 702. The van der Waals surface area contributed by atoms with Crippen molar-refractivity contribution in [1.29, 1.82) is 0 Å². The molecular weight excluding hydrogens is 330 g/mol. The van der Waals surface area contributed by atoms with Crippen LogP contribution in [-0.2, 0) is 6.54 Å². The summed E-state index contributed by atoms with van der Waals surface area (Å²) in [6, 6.07) is 8.63. The Labute approximate surface area is 154 Å². The Morgan fingerprint density at radius 1 is 1.12 bits per heavy atom. The molecule has 26 heavy (non-hydrogen) atoms. The molecule has 1 aliphatic rings. The Balaban J connectivity index is 1.70. The molecular formula is C19H27N5O2. The van der Waals surface area contributed by atoms with Gasteiger partial charge in [-0.05, 0) is 43.6 Å². The highest BCUT2D eigenvalue weighted by atomic mass is 16.5. The highest BCUT2D eigenvalue weighted by Gasteiger charge is 2.23. The SMILES string of the molecule is COc1ccc([C@H](CNCc2c(N)ncnc2OC)N2CCCC2)cc1. The van der Waals surface area contributed by atoms with E-state index in [4.69, 9.17) is 15.2 Å². The second-order valence-corrected chi connectivity index (χ2v) is 6.41. The molecule has 1 aromatic carbocycles. The maximum atomic E-state index is 5.98. The first kappa shape index (κ1) is 18.4. The highest BCUT2D eigenvalue weighted by molar-refractivity contribution is 5.44. The van der Waals surface area contributed by atoms with Crippen LogP contribution in [0.2, 0.25) is 0 Å². The summed E-state index contributed by atoms with van der Waals surface area (Å²) in [6.07, 6.45) is 3.92. The topological polar surface area (TPSA) is 85.5 Å². The molecule has 0 amide bonds. The number of methoxy groups -OCH3 is 2. The molecule has 3 N–H and O–H groups in total. The second-order valence-electron chi connectivity index (χ2n) is 6.41. The number of rotatable bonds is 8. The fraction of sp³-hybridized carbons (Fsp3) is 0.474. The van der Waals surface area contributed by atoms with Gasteiger partial charge in [0.05, 0.1) is 19.8 Å². The van der Waals surface area contributed by atoms with Gasteiger partial charge in [0.15, 0.2) is 0 Å². The van der Waals surface area contributed by atoms with Crippen LogP contribution in [0.5, 0.6) is 11.6 Å². The minimum atomic E-state index is 0.306. The van der Waals surface area contributed by atoms with Crippen LogP contribution in [0, 0.1) is 0 Å². The first-order valence-electron chi connectivity index (χ1n) is 8.95. The van der Waals surface area contributed by atoms with Gasteiger partial charge in [0.25, 0.3) is 0 Å².